The minimum atomic E-state index is -3.95. The van der Waals surface area contributed by atoms with Crippen molar-refractivity contribution in [2.24, 2.45) is 5.14 Å². The normalized spacial score (nSPS) is 13.4. The molecule has 0 aromatic heterocycles. The second-order valence-corrected chi connectivity index (χ2v) is 6.18. The second kappa shape index (κ2) is 5.03. The molecule has 0 heterocycles. The quantitative estimate of drug-likeness (QED) is 0.802. The predicted molar refractivity (Wildman–Crippen MR) is 60.7 cm³/mol. The van der Waals surface area contributed by atoms with E-state index in [0.29, 0.717) is 0 Å². The number of hydrogen-bond donors (Lipinski definition) is 2. The van der Waals surface area contributed by atoms with Crippen molar-refractivity contribution >= 4 is 27.8 Å². The molecule has 0 aliphatic heterocycles. The van der Waals surface area contributed by atoms with Crippen LogP contribution in [0.25, 0.3) is 0 Å². The van der Waals surface area contributed by atoms with Crippen LogP contribution >= 0.6 is 11.8 Å². The molecule has 0 aliphatic rings. The Kier molecular flexibility index (Phi) is 4.12. The van der Waals surface area contributed by atoms with E-state index >= 15 is 0 Å². The number of aliphatic carboxylic acids is 1. The molecule has 3 N–H and O–H groups in total. The van der Waals surface area contributed by atoms with Gasteiger partial charge in [-0.05, 0) is 25.1 Å². The zero-order valence-corrected chi connectivity index (χ0v) is 10.4. The minimum Gasteiger partial charge on any atom is -0.480 e. The fraction of sp³-hybridized carbons (Fsp3) is 0.222. The van der Waals surface area contributed by atoms with E-state index in [2.05, 4.69) is 0 Å². The molecule has 1 unspecified atom stereocenters. The number of primary sulfonamides is 1. The Labute approximate surface area is 102 Å². The van der Waals surface area contributed by atoms with Crippen LogP contribution in [-0.4, -0.2) is 24.7 Å². The van der Waals surface area contributed by atoms with Gasteiger partial charge in [0, 0.05) is 4.90 Å². The lowest BCUT2D eigenvalue weighted by molar-refractivity contribution is -0.136. The summed E-state index contributed by atoms with van der Waals surface area (Å²) >= 11 is 0.787. The summed E-state index contributed by atoms with van der Waals surface area (Å²) in [7, 11) is -3.95. The van der Waals surface area contributed by atoms with Gasteiger partial charge in [0.2, 0.25) is 10.0 Å². The number of rotatable bonds is 4. The van der Waals surface area contributed by atoms with E-state index in [0.717, 1.165) is 23.9 Å². The molecule has 17 heavy (non-hydrogen) atoms. The van der Waals surface area contributed by atoms with E-state index in [9.17, 15) is 17.6 Å². The van der Waals surface area contributed by atoms with Gasteiger partial charge >= 0.3 is 5.97 Å². The molecule has 1 atom stereocenters. The molecule has 0 aliphatic carbocycles. The Hall–Kier alpha value is -1.12. The van der Waals surface area contributed by atoms with Crippen molar-refractivity contribution in [1.29, 1.82) is 0 Å². The van der Waals surface area contributed by atoms with Crippen LogP contribution in [0, 0.1) is 5.82 Å². The number of carboxylic acid groups (broad SMARTS) is 1. The van der Waals surface area contributed by atoms with Gasteiger partial charge in [0.05, 0.1) is 4.90 Å². The van der Waals surface area contributed by atoms with E-state index in [4.69, 9.17) is 10.2 Å². The molecular weight excluding hydrogens is 269 g/mol. The first-order valence-corrected chi connectivity index (χ1v) is 6.86. The molecule has 0 radical (unpaired) electrons. The summed E-state index contributed by atoms with van der Waals surface area (Å²) in [5.41, 5.74) is 0. The molecule has 0 amide bonds. The molecule has 0 saturated heterocycles. The molecule has 5 nitrogen and oxygen atoms in total. The van der Waals surface area contributed by atoms with E-state index in [1.54, 1.807) is 0 Å². The molecule has 0 bridgehead atoms. The standard InChI is InChI=1S/C9H10FNO4S2/c1-5(9(12)13)16-8-3-2-6(4-7(8)10)17(11,14)15/h2-5H,1H3,(H,12,13)(H2,11,14,15). The topological polar surface area (TPSA) is 97.5 Å². The van der Waals surface area contributed by atoms with Crippen LogP contribution < -0.4 is 5.14 Å². The maximum absolute atomic E-state index is 13.5. The van der Waals surface area contributed by atoms with Crippen LogP contribution in [0.4, 0.5) is 4.39 Å². The summed E-state index contributed by atoms with van der Waals surface area (Å²) in [5.74, 6) is -1.89. The minimum absolute atomic E-state index is 0.0623. The molecule has 0 spiro atoms. The monoisotopic (exact) mass is 279 g/mol. The number of carboxylic acids is 1. The van der Waals surface area contributed by atoms with Crippen molar-refractivity contribution in [1.82, 2.24) is 0 Å². The highest BCUT2D eigenvalue weighted by atomic mass is 32.2. The Morgan fingerprint density at radius 2 is 2.12 bits per heavy atom. The first-order chi connectivity index (χ1) is 7.71. The molecule has 94 valence electrons. The highest BCUT2D eigenvalue weighted by Gasteiger charge is 2.17. The van der Waals surface area contributed by atoms with E-state index < -0.39 is 27.1 Å². The van der Waals surface area contributed by atoms with Gasteiger partial charge in [0.15, 0.2) is 0 Å². The van der Waals surface area contributed by atoms with Crippen molar-refractivity contribution in [3.8, 4) is 0 Å². The van der Waals surface area contributed by atoms with Crippen LogP contribution in [-0.2, 0) is 14.8 Å². The highest BCUT2D eigenvalue weighted by molar-refractivity contribution is 8.00. The summed E-state index contributed by atoms with van der Waals surface area (Å²) in [4.78, 5) is 10.3. The molecular formula is C9H10FNO4S2. The van der Waals surface area contributed by atoms with Crippen LogP contribution in [0.1, 0.15) is 6.92 Å². The average molecular weight is 279 g/mol. The Morgan fingerprint density at radius 3 is 2.53 bits per heavy atom. The van der Waals surface area contributed by atoms with Crippen molar-refractivity contribution < 1.29 is 22.7 Å². The number of carbonyl (C=O) groups is 1. The number of sulfonamides is 1. The van der Waals surface area contributed by atoms with Crippen LogP contribution in [0.2, 0.25) is 0 Å². The van der Waals surface area contributed by atoms with Crippen LogP contribution in [0.3, 0.4) is 0 Å². The SMILES string of the molecule is CC(Sc1ccc(S(N)(=O)=O)cc1F)C(=O)O. The fourth-order valence-electron chi connectivity index (χ4n) is 0.995. The van der Waals surface area contributed by atoms with Gasteiger partial charge in [-0.2, -0.15) is 0 Å². The summed E-state index contributed by atoms with van der Waals surface area (Å²) in [6, 6.07) is 3.10. The molecule has 0 saturated carbocycles. The molecule has 0 fully saturated rings. The predicted octanol–water partition coefficient (Wildman–Crippen LogP) is 1.04. The third-order valence-corrected chi connectivity index (χ3v) is 3.93. The van der Waals surface area contributed by atoms with Gasteiger partial charge in [-0.3, -0.25) is 4.79 Å². The first kappa shape index (κ1) is 13.9. The molecule has 1 aromatic carbocycles. The maximum Gasteiger partial charge on any atom is 0.316 e. The van der Waals surface area contributed by atoms with Gasteiger partial charge in [-0.25, -0.2) is 17.9 Å². The summed E-state index contributed by atoms with van der Waals surface area (Å²) in [5, 5.41) is 12.7. The second-order valence-electron chi connectivity index (χ2n) is 3.24. The van der Waals surface area contributed by atoms with Crippen molar-refractivity contribution in [3.63, 3.8) is 0 Å². The molecule has 1 rings (SSSR count). The Balaban J connectivity index is 3.03. The van der Waals surface area contributed by atoms with Crippen molar-refractivity contribution in [2.75, 3.05) is 0 Å². The zero-order chi connectivity index (χ0) is 13.2. The largest absolute Gasteiger partial charge is 0.480 e. The van der Waals surface area contributed by atoms with E-state index in [1.807, 2.05) is 0 Å². The van der Waals surface area contributed by atoms with Gasteiger partial charge in [0.25, 0.3) is 0 Å². The van der Waals surface area contributed by atoms with Crippen LogP contribution in [0.15, 0.2) is 28.0 Å². The Bertz CT molecular complexity index is 544. The first-order valence-electron chi connectivity index (χ1n) is 4.43. The summed E-state index contributed by atoms with van der Waals surface area (Å²) in [6.07, 6.45) is 0. The smallest absolute Gasteiger partial charge is 0.316 e. The summed E-state index contributed by atoms with van der Waals surface area (Å²) in [6.45, 7) is 1.40. The molecule has 1 aromatic rings. The van der Waals surface area contributed by atoms with Crippen LogP contribution in [0.5, 0.6) is 0 Å². The number of hydrogen-bond acceptors (Lipinski definition) is 4. The van der Waals surface area contributed by atoms with Gasteiger partial charge < -0.3 is 5.11 Å². The fourth-order valence-corrected chi connectivity index (χ4v) is 2.32. The third-order valence-electron chi connectivity index (χ3n) is 1.88. The molecule has 8 heteroatoms. The number of thioether (sulfide) groups is 1. The van der Waals surface area contributed by atoms with Gasteiger partial charge in [-0.15, -0.1) is 11.8 Å². The average Bonchev–Trinajstić information content (AvgIpc) is 2.19. The number of halogens is 1. The van der Waals surface area contributed by atoms with Gasteiger partial charge in [-0.1, -0.05) is 0 Å². The van der Waals surface area contributed by atoms with E-state index in [-0.39, 0.29) is 9.79 Å². The summed E-state index contributed by atoms with van der Waals surface area (Å²) < 4.78 is 35.3. The Morgan fingerprint density at radius 1 is 1.53 bits per heavy atom. The van der Waals surface area contributed by atoms with Crippen molar-refractivity contribution in [3.05, 3.63) is 24.0 Å². The number of benzene rings is 1. The van der Waals surface area contributed by atoms with Gasteiger partial charge in [0.1, 0.15) is 11.1 Å². The van der Waals surface area contributed by atoms with E-state index in [1.165, 1.54) is 13.0 Å². The lowest BCUT2D eigenvalue weighted by atomic mass is 10.3. The van der Waals surface area contributed by atoms with Crippen molar-refractivity contribution in [2.45, 2.75) is 22.0 Å². The highest BCUT2D eigenvalue weighted by Crippen LogP contribution is 2.27. The third kappa shape index (κ3) is 3.69. The number of nitrogens with two attached hydrogens (primary N) is 1. The maximum atomic E-state index is 13.5. The lowest BCUT2D eigenvalue weighted by Gasteiger charge is -2.07. The lowest BCUT2D eigenvalue weighted by Crippen LogP contribution is -2.13. The zero-order valence-electron chi connectivity index (χ0n) is 8.75.